The number of allylic oxidation sites excluding steroid dienone is 3. The SMILES string of the molecule is CCCCOC(=O)C1=C(C)NC2=C(C(=O)CC(c3ccc(OC)c(OC)c3)C2)C1c1ccccc1OCc1ccccc1. The number of hydrogen-bond acceptors (Lipinski definition) is 7. The maximum absolute atomic E-state index is 14.1. The fourth-order valence-electron chi connectivity index (χ4n) is 5.94. The van der Waals surface area contributed by atoms with Crippen LogP contribution in [-0.4, -0.2) is 32.6 Å². The van der Waals surface area contributed by atoms with Crippen molar-refractivity contribution >= 4 is 11.8 Å². The van der Waals surface area contributed by atoms with Gasteiger partial charge in [-0.3, -0.25) is 4.79 Å². The predicted molar refractivity (Wildman–Crippen MR) is 165 cm³/mol. The van der Waals surface area contributed by atoms with Gasteiger partial charge in [0.1, 0.15) is 12.4 Å². The van der Waals surface area contributed by atoms with Gasteiger partial charge in [0.15, 0.2) is 17.3 Å². The maximum Gasteiger partial charge on any atom is 0.336 e. The van der Waals surface area contributed by atoms with Crippen molar-refractivity contribution in [2.75, 3.05) is 20.8 Å². The zero-order chi connectivity index (χ0) is 30.3. The van der Waals surface area contributed by atoms with E-state index in [0.717, 1.165) is 35.2 Å². The van der Waals surface area contributed by atoms with Crippen molar-refractivity contribution in [3.63, 3.8) is 0 Å². The van der Waals surface area contributed by atoms with Gasteiger partial charge in [0, 0.05) is 29.0 Å². The van der Waals surface area contributed by atoms with Gasteiger partial charge in [0.2, 0.25) is 0 Å². The van der Waals surface area contributed by atoms with Gasteiger partial charge >= 0.3 is 5.97 Å². The third-order valence-electron chi connectivity index (χ3n) is 8.12. The minimum Gasteiger partial charge on any atom is -0.493 e. The van der Waals surface area contributed by atoms with Crippen LogP contribution in [0.15, 0.2) is 95.3 Å². The Bertz CT molecular complexity index is 1540. The van der Waals surface area contributed by atoms with E-state index in [1.807, 2.05) is 79.7 Å². The molecule has 0 saturated carbocycles. The first-order valence-corrected chi connectivity index (χ1v) is 14.8. The van der Waals surface area contributed by atoms with Crippen molar-refractivity contribution in [2.45, 2.75) is 58.0 Å². The number of unbranched alkanes of at least 4 members (excludes halogenated alkanes) is 1. The lowest BCUT2D eigenvalue weighted by Gasteiger charge is -2.37. The van der Waals surface area contributed by atoms with E-state index in [9.17, 15) is 9.59 Å². The number of rotatable bonds is 11. The topological polar surface area (TPSA) is 83.1 Å². The molecule has 1 N–H and O–H groups in total. The molecule has 3 aromatic rings. The van der Waals surface area contributed by atoms with Crippen LogP contribution in [-0.2, 0) is 20.9 Å². The van der Waals surface area contributed by atoms with E-state index >= 15 is 0 Å². The summed E-state index contributed by atoms with van der Waals surface area (Å²) in [7, 11) is 3.21. The van der Waals surface area contributed by atoms with Gasteiger partial charge in [0.05, 0.1) is 32.3 Å². The van der Waals surface area contributed by atoms with Crippen LogP contribution in [0.1, 0.15) is 68.1 Å². The van der Waals surface area contributed by atoms with Gasteiger partial charge in [-0.2, -0.15) is 0 Å². The number of nitrogens with one attached hydrogen (secondary N) is 1. The van der Waals surface area contributed by atoms with Crippen molar-refractivity contribution in [3.8, 4) is 17.2 Å². The number of Topliss-reactive ketones (excluding diaryl/α,β-unsaturated/α-hetero) is 1. The minimum atomic E-state index is -0.615. The fourth-order valence-corrected chi connectivity index (χ4v) is 5.94. The van der Waals surface area contributed by atoms with E-state index in [4.69, 9.17) is 18.9 Å². The summed E-state index contributed by atoms with van der Waals surface area (Å²) in [5.41, 5.74) is 5.34. The number of carbonyl (C=O) groups excluding carboxylic acids is 2. The largest absolute Gasteiger partial charge is 0.493 e. The number of para-hydroxylation sites is 1. The first kappa shape index (κ1) is 30.0. The Morgan fingerprint density at radius 3 is 2.40 bits per heavy atom. The zero-order valence-corrected chi connectivity index (χ0v) is 25.3. The molecule has 1 aliphatic carbocycles. The van der Waals surface area contributed by atoms with Crippen LogP contribution in [0.4, 0.5) is 0 Å². The number of ketones is 1. The highest BCUT2D eigenvalue weighted by molar-refractivity contribution is 6.04. The first-order valence-electron chi connectivity index (χ1n) is 14.8. The maximum atomic E-state index is 14.1. The third-order valence-corrected chi connectivity index (χ3v) is 8.12. The molecule has 7 heteroatoms. The average molecular weight is 582 g/mol. The predicted octanol–water partition coefficient (Wildman–Crippen LogP) is 6.99. The second-order valence-corrected chi connectivity index (χ2v) is 10.9. The summed E-state index contributed by atoms with van der Waals surface area (Å²) in [4.78, 5) is 27.8. The molecule has 2 unspecified atom stereocenters. The Balaban J connectivity index is 1.55. The van der Waals surface area contributed by atoms with Crippen LogP contribution in [0, 0.1) is 0 Å². The number of ether oxygens (including phenoxy) is 4. The van der Waals surface area contributed by atoms with E-state index in [2.05, 4.69) is 12.2 Å². The second kappa shape index (κ2) is 13.6. The molecule has 224 valence electrons. The molecule has 1 aliphatic heterocycles. The summed E-state index contributed by atoms with van der Waals surface area (Å²) >= 11 is 0. The molecule has 0 radical (unpaired) electrons. The van der Waals surface area contributed by atoms with E-state index < -0.39 is 11.9 Å². The molecule has 1 heterocycles. The molecule has 2 atom stereocenters. The number of dihydropyridines is 1. The molecule has 3 aromatic carbocycles. The number of carbonyl (C=O) groups is 2. The Morgan fingerprint density at radius 1 is 0.907 bits per heavy atom. The van der Waals surface area contributed by atoms with Gasteiger partial charge in [-0.25, -0.2) is 4.79 Å². The molecule has 0 spiro atoms. The molecule has 43 heavy (non-hydrogen) atoms. The van der Waals surface area contributed by atoms with E-state index in [1.54, 1.807) is 14.2 Å². The average Bonchev–Trinajstić information content (AvgIpc) is 3.03. The lowest BCUT2D eigenvalue weighted by atomic mass is 9.71. The van der Waals surface area contributed by atoms with Crippen molar-refractivity contribution in [1.29, 1.82) is 0 Å². The van der Waals surface area contributed by atoms with Crippen LogP contribution in [0.2, 0.25) is 0 Å². The Labute approximate surface area is 253 Å². The van der Waals surface area contributed by atoms with Crippen molar-refractivity contribution in [2.24, 2.45) is 0 Å². The third kappa shape index (κ3) is 6.46. The van der Waals surface area contributed by atoms with Gasteiger partial charge in [-0.1, -0.05) is 67.9 Å². The van der Waals surface area contributed by atoms with Crippen LogP contribution < -0.4 is 19.5 Å². The van der Waals surface area contributed by atoms with Crippen LogP contribution in [0.3, 0.4) is 0 Å². The lowest BCUT2D eigenvalue weighted by Crippen LogP contribution is -2.36. The molecule has 0 saturated heterocycles. The molecule has 0 aromatic heterocycles. The monoisotopic (exact) mass is 581 g/mol. The van der Waals surface area contributed by atoms with Gasteiger partial charge in [-0.15, -0.1) is 0 Å². The van der Waals surface area contributed by atoms with E-state index in [-0.39, 0.29) is 11.7 Å². The number of esters is 1. The Hall–Kier alpha value is -4.52. The van der Waals surface area contributed by atoms with E-state index in [0.29, 0.717) is 60.1 Å². The van der Waals surface area contributed by atoms with Crippen LogP contribution >= 0.6 is 0 Å². The van der Waals surface area contributed by atoms with Gasteiger partial charge in [-0.05, 0) is 55.0 Å². The first-order chi connectivity index (χ1) is 20.9. The Morgan fingerprint density at radius 2 is 1.65 bits per heavy atom. The van der Waals surface area contributed by atoms with Crippen LogP contribution in [0.25, 0.3) is 0 Å². The molecule has 0 fully saturated rings. The molecule has 5 rings (SSSR count). The molecule has 2 aliphatic rings. The molecule has 0 bridgehead atoms. The van der Waals surface area contributed by atoms with Crippen LogP contribution in [0.5, 0.6) is 17.2 Å². The highest BCUT2D eigenvalue weighted by atomic mass is 16.5. The Kier molecular flexibility index (Phi) is 9.50. The highest BCUT2D eigenvalue weighted by Crippen LogP contribution is 2.48. The molecular weight excluding hydrogens is 542 g/mol. The molecular formula is C36H39NO6. The summed E-state index contributed by atoms with van der Waals surface area (Å²) in [5, 5.41) is 3.44. The number of benzene rings is 3. The molecule has 0 amide bonds. The smallest absolute Gasteiger partial charge is 0.336 e. The number of hydrogen-bond donors (Lipinski definition) is 1. The number of methoxy groups -OCH3 is 2. The van der Waals surface area contributed by atoms with Gasteiger partial charge < -0.3 is 24.3 Å². The van der Waals surface area contributed by atoms with Gasteiger partial charge in [0.25, 0.3) is 0 Å². The minimum absolute atomic E-state index is 0.0113. The van der Waals surface area contributed by atoms with Crippen molar-refractivity contribution in [1.82, 2.24) is 5.32 Å². The summed E-state index contributed by atoms with van der Waals surface area (Å²) in [6.45, 7) is 4.62. The zero-order valence-electron chi connectivity index (χ0n) is 25.3. The van der Waals surface area contributed by atoms with Crippen molar-refractivity contribution < 1.29 is 28.5 Å². The summed E-state index contributed by atoms with van der Waals surface area (Å²) < 4.78 is 23.0. The second-order valence-electron chi connectivity index (χ2n) is 10.9. The van der Waals surface area contributed by atoms with E-state index in [1.165, 1.54) is 0 Å². The summed E-state index contributed by atoms with van der Waals surface area (Å²) in [5.74, 6) is 0.795. The standard InChI is InChI=1S/C36H39NO6/c1-5-6-18-42-36(39)33-23(2)37-28-19-26(25-16-17-31(40-3)32(21-25)41-4)20-29(38)35(28)34(33)27-14-10-11-15-30(27)43-22-24-12-8-7-9-13-24/h7-17,21,26,34,37H,5-6,18-20,22H2,1-4H3. The highest BCUT2D eigenvalue weighted by Gasteiger charge is 2.42. The summed E-state index contributed by atoms with van der Waals surface area (Å²) in [6, 6.07) is 23.4. The normalized spacial score (nSPS) is 18.1. The van der Waals surface area contributed by atoms with Crippen molar-refractivity contribution in [3.05, 3.63) is 112 Å². The fraction of sp³-hybridized carbons (Fsp3) is 0.333. The molecule has 7 nitrogen and oxygen atoms in total. The summed E-state index contributed by atoms with van der Waals surface area (Å²) in [6.07, 6.45) is 2.59. The quantitative estimate of drug-likeness (QED) is 0.193. The lowest BCUT2D eigenvalue weighted by molar-refractivity contribution is -0.139.